The third-order valence-corrected chi connectivity index (χ3v) is 5.50. The highest BCUT2D eigenvalue weighted by Crippen LogP contribution is 2.22. The van der Waals surface area contributed by atoms with Crippen molar-refractivity contribution in [2.75, 3.05) is 25.1 Å². The Morgan fingerprint density at radius 3 is 2.71 bits per heavy atom. The topological polar surface area (TPSA) is 66.5 Å². The minimum Gasteiger partial charge on any atom is -0.337 e. The van der Waals surface area contributed by atoms with E-state index in [9.17, 15) is 13.2 Å². The highest BCUT2D eigenvalue weighted by Gasteiger charge is 2.36. The molecule has 0 bridgehead atoms. The van der Waals surface area contributed by atoms with Crippen LogP contribution in [0.4, 0.5) is 0 Å². The van der Waals surface area contributed by atoms with E-state index in [1.807, 2.05) is 0 Å². The Hall–Kier alpha value is -0.620. The van der Waals surface area contributed by atoms with Crippen molar-refractivity contribution in [2.45, 2.75) is 37.8 Å². The molecule has 2 fully saturated rings. The molecule has 5 nitrogen and oxygen atoms in total. The number of carbonyl (C=O) groups is 1. The van der Waals surface area contributed by atoms with E-state index in [1.165, 1.54) is 0 Å². The number of carbonyl (C=O) groups excluding carboxylic acids is 1. The molecule has 2 heterocycles. The fourth-order valence-electron chi connectivity index (χ4n) is 2.77. The highest BCUT2D eigenvalue weighted by atomic mass is 32.2. The Morgan fingerprint density at radius 1 is 1.29 bits per heavy atom. The molecule has 0 spiro atoms. The summed E-state index contributed by atoms with van der Waals surface area (Å²) in [4.78, 5) is 13.9. The van der Waals surface area contributed by atoms with E-state index >= 15 is 0 Å². The van der Waals surface area contributed by atoms with Crippen molar-refractivity contribution in [3.63, 3.8) is 0 Å². The van der Waals surface area contributed by atoms with Gasteiger partial charge in [0.1, 0.15) is 0 Å². The van der Waals surface area contributed by atoms with Gasteiger partial charge in [0.25, 0.3) is 0 Å². The first kappa shape index (κ1) is 12.8. The van der Waals surface area contributed by atoms with E-state index in [-0.39, 0.29) is 29.5 Å². The van der Waals surface area contributed by atoms with Crippen LogP contribution in [0.1, 0.15) is 25.7 Å². The second-order valence-corrected chi connectivity index (χ2v) is 7.15. The molecule has 1 amide bonds. The molecule has 1 N–H and O–H groups in total. The van der Waals surface area contributed by atoms with E-state index < -0.39 is 9.84 Å². The Morgan fingerprint density at radius 2 is 2.06 bits per heavy atom. The molecule has 0 radical (unpaired) electrons. The fourth-order valence-corrected chi connectivity index (χ4v) is 4.48. The minimum atomic E-state index is -2.94. The van der Waals surface area contributed by atoms with Crippen LogP contribution in [-0.4, -0.2) is 56.4 Å². The van der Waals surface area contributed by atoms with Gasteiger partial charge >= 0.3 is 0 Å². The summed E-state index contributed by atoms with van der Waals surface area (Å²) in [6, 6.07) is -0.231. The summed E-state index contributed by atoms with van der Waals surface area (Å²) in [7, 11) is -1.16. The monoisotopic (exact) mass is 260 g/mol. The normalized spacial score (nSPS) is 33.7. The number of likely N-dealkylation sites (tertiary alicyclic amines) is 1. The highest BCUT2D eigenvalue weighted by molar-refractivity contribution is 7.91. The van der Waals surface area contributed by atoms with Gasteiger partial charge in [0.2, 0.25) is 5.91 Å². The second kappa shape index (κ2) is 4.94. The molecule has 2 aliphatic heterocycles. The molecule has 0 aromatic carbocycles. The van der Waals surface area contributed by atoms with E-state index in [0.29, 0.717) is 13.0 Å². The Labute approximate surface area is 102 Å². The summed E-state index contributed by atoms with van der Waals surface area (Å²) in [5.74, 6) is 0.497. The average Bonchev–Trinajstić information content (AvgIpc) is 2.28. The lowest BCUT2D eigenvalue weighted by Gasteiger charge is -2.39. The van der Waals surface area contributed by atoms with Crippen LogP contribution >= 0.6 is 0 Å². The Balaban J connectivity index is 2.08. The molecule has 0 aromatic rings. The maximum atomic E-state index is 12.1. The third-order valence-electron chi connectivity index (χ3n) is 3.70. The van der Waals surface area contributed by atoms with Gasteiger partial charge in [-0.25, -0.2) is 8.42 Å². The molecule has 2 saturated heterocycles. The summed E-state index contributed by atoms with van der Waals surface area (Å²) in [5.41, 5.74) is 0. The number of sulfone groups is 1. The predicted octanol–water partition coefficient (Wildman–Crippen LogP) is -0.226. The largest absolute Gasteiger partial charge is 0.337 e. The maximum Gasteiger partial charge on any atom is 0.239 e. The number of nitrogens with one attached hydrogen (secondary N) is 1. The van der Waals surface area contributed by atoms with Crippen LogP contribution in [0.15, 0.2) is 0 Å². The molecular weight excluding hydrogens is 240 g/mol. The SMILES string of the molecule is CNC1CCCN(C2CCCS(=O)(=O)C2)C1=O. The smallest absolute Gasteiger partial charge is 0.239 e. The van der Waals surface area contributed by atoms with E-state index in [2.05, 4.69) is 5.32 Å². The van der Waals surface area contributed by atoms with E-state index in [0.717, 1.165) is 19.3 Å². The molecule has 0 aliphatic carbocycles. The lowest BCUT2D eigenvalue weighted by atomic mass is 10.0. The third kappa shape index (κ3) is 2.80. The van der Waals surface area contributed by atoms with Crippen LogP contribution < -0.4 is 5.32 Å². The van der Waals surface area contributed by atoms with Crippen LogP contribution in [-0.2, 0) is 14.6 Å². The van der Waals surface area contributed by atoms with Crippen molar-refractivity contribution in [1.82, 2.24) is 10.2 Å². The van der Waals surface area contributed by atoms with Gasteiger partial charge in [0.05, 0.1) is 17.5 Å². The maximum absolute atomic E-state index is 12.1. The summed E-state index contributed by atoms with van der Waals surface area (Å²) < 4.78 is 23.2. The van der Waals surface area contributed by atoms with Gasteiger partial charge in [0.15, 0.2) is 9.84 Å². The molecule has 2 atom stereocenters. The first-order valence-corrected chi connectivity index (χ1v) is 8.04. The van der Waals surface area contributed by atoms with Gasteiger partial charge < -0.3 is 10.2 Å². The second-order valence-electron chi connectivity index (χ2n) is 4.93. The van der Waals surface area contributed by atoms with Gasteiger partial charge in [-0.05, 0) is 32.7 Å². The first-order valence-electron chi connectivity index (χ1n) is 6.21. The van der Waals surface area contributed by atoms with Gasteiger partial charge in [0, 0.05) is 12.6 Å². The first-order chi connectivity index (χ1) is 8.03. The average molecular weight is 260 g/mol. The van der Waals surface area contributed by atoms with E-state index in [4.69, 9.17) is 0 Å². The summed E-state index contributed by atoms with van der Waals surface area (Å²) >= 11 is 0. The van der Waals surface area contributed by atoms with Crippen molar-refractivity contribution >= 4 is 15.7 Å². The van der Waals surface area contributed by atoms with Crippen LogP contribution in [0.2, 0.25) is 0 Å². The number of hydrogen-bond donors (Lipinski definition) is 1. The zero-order valence-corrected chi connectivity index (χ0v) is 11.0. The van der Waals surface area contributed by atoms with Gasteiger partial charge in [-0.15, -0.1) is 0 Å². The van der Waals surface area contributed by atoms with Gasteiger partial charge in [-0.3, -0.25) is 4.79 Å². The van der Waals surface area contributed by atoms with Crippen LogP contribution in [0.25, 0.3) is 0 Å². The lowest BCUT2D eigenvalue weighted by Crippen LogP contribution is -2.56. The van der Waals surface area contributed by atoms with Crippen LogP contribution in [0.3, 0.4) is 0 Å². The number of likely N-dealkylation sites (N-methyl/N-ethyl adjacent to an activating group) is 1. The zero-order valence-electron chi connectivity index (χ0n) is 10.2. The molecular formula is C11H20N2O3S. The van der Waals surface area contributed by atoms with Crippen LogP contribution in [0, 0.1) is 0 Å². The predicted molar refractivity (Wildman–Crippen MR) is 65.5 cm³/mol. The molecule has 17 heavy (non-hydrogen) atoms. The molecule has 98 valence electrons. The number of piperidine rings is 1. The zero-order chi connectivity index (χ0) is 12.5. The Kier molecular flexibility index (Phi) is 3.73. The standard InChI is InChI=1S/C11H20N2O3S/c1-12-10-5-2-6-13(11(10)14)9-4-3-7-17(15,16)8-9/h9-10,12H,2-8H2,1H3. The van der Waals surface area contributed by atoms with Gasteiger partial charge in [-0.1, -0.05) is 0 Å². The van der Waals surface area contributed by atoms with Crippen molar-refractivity contribution < 1.29 is 13.2 Å². The van der Waals surface area contributed by atoms with Gasteiger partial charge in [-0.2, -0.15) is 0 Å². The molecule has 2 unspecified atom stereocenters. The molecule has 6 heteroatoms. The minimum absolute atomic E-state index is 0.0702. The molecule has 2 rings (SSSR count). The summed E-state index contributed by atoms with van der Waals surface area (Å²) in [6.45, 7) is 0.706. The van der Waals surface area contributed by atoms with Crippen LogP contribution in [0.5, 0.6) is 0 Å². The molecule has 0 aromatic heterocycles. The van der Waals surface area contributed by atoms with Crippen molar-refractivity contribution in [2.24, 2.45) is 0 Å². The number of amides is 1. The molecule has 0 saturated carbocycles. The van der Waals surface area contributed by atoms with Crippen molar-refractivity contribution in [3.8, 4) is 0 Å². The quantitative estimate of drug-likeness (QED) is 0.745. The van der Waals surface area contributed by atoms with Crippen molar-refractivity contribution in [3.05, 3.63) is 0 Å². The summed E-state index contributed by atoms with van der Waals surface area (Å²) in [5, 5.41) is 3.00. The Bertz CT molecular complexity index is 394. The summed E-state index contributed by atoms with van der Waals surface area (Å²) in [6.07, 6.45) is 3.31. The number of hydrogen-bond acceptors (Lipinski definition) is 4. The number of nitrogens with zero attached hydrogens (tertiary/aromatic N) is 1. The lowest BCUT2D eigenvalue weighted by molar-refractivity contribution is -0.138. The number of rotatable bonds is 2. The van der Waals surface area contributed by atoms with Crippen molar-refractivity contribution in [1.29, 1.82) is 0 Å². The van der Waals surface area contributed by atoms with E-state index in [1.54, 1.807) is 11.9 Å². The molecule has 2 aliphatic rings. The fraction of sp³-hybridized carbons (Fsp3) is 0.909.